The van der Waals surface area contributed by atoms with E-state index in [4.69, 9.17) is 4.74 Å². The minimum absolute atomic E-state index is 0.0164. The van der Waals surface area contributed by atoms with E-state index in [2.05, 4.69) is 22.5 Å². The number of likely N-dealkylation sites (tertiary alicyclic amines) is 1. The van der Waals surface area contributed by atoms with Crippen LogP contribution in [0.5, 0.6) is 5.88 Å². The highest BCUT2D eigenvalue weighted by Gasteiger charge is 2.32. The van der Waals surface area contributed by atoms with Crippen LogP contribution in [0.2, 0.25) is 0 Å². The number of ether oxygens (including phenoxy) is 1. The summed E-state index contributed by atoms with van der Waals surface area (Å²) in [6.45, 7) is 6.30. The average Bonchev–Trinajstić information content (AvgIpc) is 2.93. The number of nitrogens with one attached hydrogen (secondary N) is 2. The molecule has 0 bridgehead atoms. The number of anilines is 1. The molecule has 2 fully saturated rings. The second kappa shape index (κ2) is 13.0. The van der Waals surface area contributed by atoms with Crippen LogP contribution in [0.4, 0.5) is 10.2 Å². The number of halogens is 1. The number of carbonyl (C=O) groups is 2. The molecule has 2 N–H and O–H groups in total. The van der Waals surface area contributed by atoms with Crippen molar-refractivity contribution in [2.75, 3.05) is 18.4 Å². The number of benzene rings is 1. The molecule has 11 heteroatoms. The molecular weight excluding hydrogens is 563 g/mol. The zero-order valence-electron chi connectivity index (χ0n) is 25.4. The zero-order chi connectivity index (χ0) is 31.5. The van der Waals surface area contributed by atoms with Gasteiger partial charge in [0.2, 0.25) is 5.88 Å². The van der Waals surface area contributed by atoms with Crippen LogP contribution in [0.3, 0.4) is 0 Å². The highest BCUT2D eigenvalue weighted by molar-refractivity contribution is 6.05. The molecule has 0 unspecified atom stereocenters. The van der Waals surface area contributed by atoms with E-state index in [9.17, 15) is 24.0 Å². The summed E-state index contributed by atoms with van der Waals surface area (Å²) in [4.78, 5) is 45.6. The van der Waals surface area contributed by atoms with Crippen LogP contribution in [0.25, 0.3) is 11.1 Å². The Bertz CT molecular complexity index is 1670. The Labute approximate surface area is 255 Å². The van der Waals surface area contributed by atoms with Gasteiger partial charge < -0.3 is 24.8 Å². The van der Waals surface area contributed by atoms with Crippen molar-refractivity contribution in [1.29, 1.82) is 5.26 Å². The summed E-state index contributed by atoms with van der Waals surface area (Å²) in [5, 5.41) is 15.7. The molecule has 2 aromatic heterocycles. The predicted octanol–water partition coefficient (Wildman–Crippen LogP) is 4.43. The van der Waals surface area contributed by atoms with Gasteiger partial charge in [-0.3, -0.25) is 14.4 Å². The Morgan fingerprint density at radius 2 is 1.89 bits per heavy atom. The molecule has 1 aliphatic carbocycles. The number of nitriles is 1. The molecule has 3 aromatic rings. The molecule has 10 nitrogen and oxygen atoms in total. The lowest BCUT2D eigenvalue weighted by atomic mass is 9.80. The van der Waals surface area contributed by atoms with E-state index in [0.29, 0.717) is 29.6 Å². The second-order valence-electron chi connectivity index (χ2n) is 11.9. The Morgan fingerprint density at radius 3 is 2.52 bits per heavy atom. The van der Waals surface area contributed by atoms with E-state index in [1.165, 1.54) is 34.8 Å². The molecule has 1 atom stereocenters. The Kier molecular flexibility index (Phi) is 9.11. The molecule has 5 rings (SSSR count). The number of aryl methyl sites for hydroxylation is 1. The Balaban J connectivity index is 1.46. The first-order valence-corrected chi connectivity index (χ1v) is 14.9. The number of nitrogens with zero attached hydrogens (tertiary/aromatic N) is 4. The van der Waals surface area contributed by atoms with Crippen molar-refractivity contribution in [3.63, 3.8) is 0 Å². The number of aromatic nitrogens is 2. The first-order valence-electron chi connectivity index (χ1n) is 14.9. The van der Waals surface area contributed by atoms with E-state index in [0.717, 1.165) is 5.56 Å². The van der Waals surface area contributed by atoms with Crippen LogP contribution in [0, 0.1) is 17.2 Å². The highest BCUT2D eigenvalue weighted by atomic mass is 19.1. The van der Waals surface area contributed by atoms with Crippen molar-refractivity contribution in [1.82, 2.24) is 19.8 Å². The van der Waals surface area contributed by atoms with Gasteiger partial charge in [-0.05, 0) is 80.5 Å². The fraction of sp³-hybridized carbons (Fsp3) is 0.424. The summed E-state index contributed by atoms with van der Waals surface area (Å²) >= 11 is 0. The highest BCUT2D eigenvalue weighted by Crippen LogP contribution is 2.32. The van der Waals surface area contributed by atoms with Crippen LogP contribution in [-0.4, -0.2) is 57.7 Å². The van der Waals surface area contributed by atoms with E-state index < -0.39 is 23.5 Å². The Hall–Kier alpha value is -4.56. The van der Waals surface area contributed by atoms with E-state index in [1.807, 2.05) is 19.9 Å². The standard InChI is InChI=1S/C33H37FN6O4/c1-19(2)44-30-13-24(26-9-8-21(14-35)10-27(26)33(43)40-17-25(34)18-40)12-29(37-30)38-31(41)28-11-22(16-39(4)32(28)42)15-36-20(3)23-6-5-7-23/h8-13,16,19-20,23,25,36H,5-7,15,17-18H2,1-4H3,(H,37,38,41)/t20-/m0/s1. The van der Waals surface area contributed by atoms with Gasteiger partial charge in [0.25, 0.3) is 17.4 Å². The molecule has 0 spiro atoms. The number of hydrogen-bond acceptors (Lipinski definition) is 7. The van der Waals surface area contributed by atoms with Gasteiger partial charge in [0.1, 0.15) is 17.6 Å². The lowest BCUT2D eigenvalue weighted by Gasteiger charge is -2.34. The molecular formula is C33H37FN6O4. The summed E-state index contributed by atoms with van der Waals surface area (Å²) in [7, 11) is 1.61. The van der Waals surface area contributed by atoms with Crippen LogP contribution >= 0.6 is 0 Å². The average molecular weight is 601 g/mol. The predicted molar refractivity (Wildman–Crippen MR) is 164 cm³/mol. The summed E-state index contributed by atoms with van der Waals surface area (Å²) in [5.41, 5.74) is 1.78. The van der Waals surface area contributed by atoms with Crippen molar-refractivity contribution in [3.8, 4) is 23.1 Å². The quantitative estimate of drug-likeness (QED) is 0.352. The molecule has 230 valence electrons. The third-order valence-electron chi connectivity index (χ3n) is 8.18. The normalized spacial score (nSPS) is 15.7. The van der Waals surface area contributed by atoms with Crippen LogP contribution in [0.15, 0.2) is 47.4 Å². The molecule has 1 aromatic carbocycles. The lowest BCUT2D eigenvalue weighted by Crippen LogP contribution is -2.51. The van der Waals surface area contributed by atoms with Crippen molar-refractivity contribution < 1.29 is 18.7 Å². The summed E-state index contributed by atoms with van der Waals surface area (Å²) in [5.74, 6) is -0.0861. The SMILES string of the molecule is CC(C)Oc1cc(-c2ccc(C#N)cc2C(=O)N2CC(F)C2)cc(NC(=O)c2cc(CN[C@@H](C)C3CCC3)cn(C)c2=O)n1. The third kappa shape index (κ3) is 6.81. The molecule has 0 radical (unpaired) electrons. The molecule has 1 saturated heterocycles. The molecule has 1 aliphatic heterocycles. The van der Waals surface area contributed by atoms with Gasteiger partial charge in [-0.2, -0.15) is 10.2 Å². The van der Waals surface area contributed by atoms with Gasteiger partial charge in [-0.1, -0.05) is 12.5 Å². The maximum Gasteiger partial charge on any atom is 0.263 e. The first kappa shape index (κ1) is 30.9. The number of alkyl halides is 1. The minimum atomic E-state index is -1.08. The van der Waals surface area contributed by atoms with Gasteiger partial charge in [0.15, 0.2) is 0 Å². The largest absolute Gasteiger partial charge is 0.475 e. The van der Waals surface area contributed by atoms with Crippen LogP contribution in [-0.2, 0) is 13.6 Å². The van der Waals surface area contributed by atoms with E-state index in [-0.39, 0.29) is 47.6 Å². The summed E-state index contributed by atoms with van der Waals surface area (Å²) in [6, 6.07) is 11.9. The van der Waals surface area contributed by atoms with Crippen molar-refractivity contribution in [2.45, 2.75) is 64.9 Å². The molecule has 44 heavy (non-hydrogen) atoms. The second-order valence-corrected chi connectivity index (χ2v) is 11.9. The van der Waals surface area contributed by atoms with Crippen LogP contribution < -0.4 is 20.9 Å². The van der Waals surface area contributed by atoms with Gasteiger partial charge >= 0.3 is 0 Å². The van der Waals surface area contributed by atoms with Gasteiger partial charge in [0.05, 0.1) is 30.8 Å². The fourth-order valence-corrected chi connectivity index (χ4v) is 5.44. The van der Waals surface area contributed by atoms with E-state index >= 15 is 0 Å². The zero-order valence-corrected chi connectivity index (χ0v) is 25.4. The maximum absolute atomic E-state index is 13.6. The molecule has 2 aliphatic rings. The number of hydrogen-bond donors (Lipinski definition) is 2. The first-order chi connectivity index (χ1) is 21.0. The molecule has 2 amide bonds. The monoisotopic (exact) mass is 600 g/mol. The van der Waals surface area contributed by atoms with Gasteiger partial charge in [-0.25, -0.2) is 4.39 Å². The maximum atomic E-state index is 13.6. The van der Waals surface area contributed by atoms with Gasteiger partial charge in [-0.15, -0.1) is 0 Å². The van der Waals surface area contributed by atoms with Crippen molar-refractivity contribution >= 4 is 17.6 Å². The third-order valence-corrected chi connectivity index (χ3v) is 8.18. The van der Waals surface area contributed by atoms with Gasteiger partial charge in [0, 0.05) is 37.5 Å². The van der Waals surface area contributed by atoms with Crippen molar-refractivity contribution in [3.05, 3.63) is 75.2 Å². The minimum Gasteiger partial charge on any atom is -0.475 e. The molecule has 1 saturated carbocycles. The number of amides is 2. The summed E-state index contributed by atoms with van der Waals surface area (Å²) in [6.07, 6.45) is 4.06. The summed E-state index contributed by atoms with van der Waals surface area (Å²) < 4.78 is 20.8. The topological polar surface area (TPSA) is 129 Å². The lowest BCUT2D eigenvalue weighted by molar-refractivity contribution is 0.0401. The number of carbonyl (C=O) groups excluding carboxylic acids is 2. The fourth-order valence-electron chi connectivity index (χ4n) is 5.44. The smallest absolute Gasteiger partial charge is 0.263 e. The number of pyridine rings is 2. The molecule has 3 heterocycles. The van der Waals surface area contributed by atoms with E-state index in [1.54, 1.807) is 43.6 Å². The number of rotatable bonds is 10. The Morgan fingerprint density at radius 1 is 1.14 bits per heavy atom. The van der Waals surface area contributed by atoms with Crippen molar-refractivity contribution in [2.24, 2.45) is 13.0 Å². The van der Waals surface area contributed by atoms with Crippen LogP contribution in [0.1, 0.15) is 71.9 Å².